The molecular formula is C14H18N2O4. The maximum absolute atomic E-state index is 12.1. The van der Waals surface area contributed by atoms with Crippen molar-refractivity contribution in [2.45, 2.75) is 6.92 Å². The molecule has 1 aromatic carbocycles. The summed E-state index contributed by atoms with van der Waals surface area (Å²) in [5.74, 6) is 0.944. The van der Waals surface area contributed by atoms with Crippen LogP contribution < -0.4 is 9.47 Å². The number of benzene rings is 1. The molecule has 20 heavy (non-hydrogen) atoms. The highest BCUT2D eigenvalue weighted by molar-refractivity contribution is 5.75. The fraction of sp³-hybridized carbons (Fsp3) is 0.429. The van der Waals surface area contributed by atoms with E-state index in [4.69, 9.17) is 9.47 Å². The molecule has 1 aliphatic heterocycles. The van der Waals surface area contributed by atoms with E-state index in [1.54, 1.807) is 28.0 Å². The molecule has 1 heterocycles. The van der Waals surface area contributed by atoms with Gasteiger partial charge in [-0.3, -0.25) is 4.79 Å². The van der Waals surface area contributed by atoms with Crippen molar-refractivity contribution in [3.8, 4) is 11.5 Å². The smallest absolute Gasteiger partial charge is 0.415 e. The minimum atomic E-state index is -0.419. The number of piperazine rings is 1. The summed E-state index contributed by atoms with van der Waals surface area (Å²) in [4.78, 5) is 26.6. The number of rotatable bonds is 2. The van der Waals surface area contributed by atoms with Gasteiger partial charge in [0.1, 0.15) is 0 Å². The lowest BCUT2D eigenvalue weighted by molar-refractivity contribution is -0.130. The normalized spacial score (nSPS) is 14.9. The van der Waals surface area contributed by atoms with Gasteiger partial charge < -0.3 is 19.3 Å². The van der Waals surface area contributed by atoms with E-state index in [9.17, 15) is 9.59 Å². The zero-order chi connectivity index (χ0) is 14.5. The Morgan fingerprint density at radius 3 is 2.10 bits per heavy atom. The third-order valence-corrected chi connectivity index (χ3v) is 3.25. The molecule has 1 fully saturated rings. The second-order valence-corrected chi connectivity index (χ2v) is 4.51. The van der Waals surface area contributed by atoms with E-state index < -0.39 is 6.09 Å². The van der Waals surface area contributed by atoms with Crippen LogP contribution in [-0.2, 0) is 4.79 Å². The van der Waals surface area contributed by atoms with Crippen molar-refractivity contribution >= 4 is 12.0 Å². The summed E-state index contributed by atoms with van der Waals surface area (Å²) in [5, 5.41) is 0. The molecule has 1 saturated heterocycles. The van der Waals surface area contributed by atoms with Crippen LogP contribution in [0.25, 0.3) is 0 Å². The first-order valence-corrected chi connectivity index (χ1v) is 6.47. The molecule has 0 bridgehead atoms. The van der Waals surface area contributed by atoms with E-state index in [0.717, 1.165) is 0 Å². The van der Waals surface area contributed by atoms with Gasteiger partial charge in [-0.1, -0.05) is 12.1 Å². The summed E-state index contributed by atoms with van der Waals surface area (Å²) in [6.45, 7) is 3.57. The van der Waals surface area contributed by atoms with Crippen molar-refractivity contribution < 1.29 is 19.1 Å². The number of hydrogen-bond acceptors (Lipinski definition) is 4. The van der Waals surface area contributed by atoms with Gasteiger partial charge in [-0.05, 0) is 12.1 Å². The molecule has 0 unspecified atom stereocenters. The molecule has 1 aromatic rings. The standard InChI is InChI=1S/C14H18N2O4/c1-11(17)15-7-9-16(10-8-15)14(18)20-13-6-4-3-5-12(13)19-2/h3-6H,7-10H2,1-2H3. The van der Waals surface area contributed by atoms with E-state index in [2.05, 4.69) is 0 Å². The van der Waals surface area contributed by atoms with Gasteiger partial charge in [0, 0.05) is 33.1 Å². The zero-order valence-corrected chi connectivity index (χ0v) is 11.7. The fourth-order valence-corrected chi connectivity index (χ4v) is 2.07. The number of methoxy groups -OCH3 is 1. The second kappa shape index (κ2) is 6.27. The molecule has 0 radical (unpaired) electrons. The van der Waals surface area contributed by atoms with Crippen LogP contribution >= 0.6 is 0 Å². The van der Waals surface area contributed by atoms with Gasteiger partial charge in [0.15, 0.2) is 11.5 Å². The Morgan fingerprint density at radius 2 is 1.55 bits per heavy atom. The summed E-state index contributed by atoms with van der Waals surface area (Å²) in [5.41, 5.74) is 0. The van der Waals surface area contributed by atoms with Crippen molar-refractivity contribution in [1.29, 1.82) is 0 Å². The van der Waals surface area contributed by atoms with Gasteiger partial charge in [0.25, 0.3) is 0 Å². The highest BCUT2D eigenvalue weighted by Crippen LogP contribution is 2.26. The van der Waals surface area contributed by atoms with E-state index in [1.807, 2.05) is 6.07 Å². The van der Waals surface area contributed by atoms with Gasteiger partial charge in [0.05, 0.1) is 7.11 Å². The molecule has 6 nitrogen and oxygen atoms in total. The number of hydrogen-bond donors (Lipinski definition) is 0. The molecule has 2 amide bonds. The van der Waals surface area contributed by atoms with Gasteiger partial charge in [0.2, 0.25) is 5.91 Å². The highest BCUT2D eigenvalue weighted by atomic mass is 16.6. The molecule has 1 aliphatic rings. The van der Waals surface area contributed by atoms with Crippen molar-refractivity contribution in [2.24, 2.45) is 0 Å². The molecule has 0 atom stereocenters. The summed E-state index contributed by atoms with van der Waals surface area (Å²) in [6, 6.07) is 7.00. The summed E-state index contributed by atoms with van der Waals surface area (Å²) in [6.07, 6.45) is -0.419. The maximum Gasteiger partial charge on any atom is 0.415 e. The van der Waals surface area contributed by atoms with Gasteiger partial charge in [-0.2, -0.15) is 0 Å². The Kier molecular flexibility index (Phi) is 4.45. The average molecular weight is 278 g/mol. The van der Waals surface area contributed by atoms with Crippen molar-refractivity contribution in [3.63, 3.8) is 0 Å². The lowest BCUT2D eigenvalue weighted by Gasteiger charge is -2.33. The Hall–Kier alpha value is -2.24. The van der Waals surface area contributed by atoms with Crippen LogP contribution in [0.4, 0.5) is 4.79 Å². The van der Waals surface area contributed by atoms with Crippen LogP contribution in [0.1, 0.15) is 6.92 Å². The summed E-state index contributed by atoms with van der Waals surface area (Å²) < 4.78 is 10.5. The molecule has 0 saturated carbocycles. The Labute approximate surface area is 117 Å². The van der Waals surface area contributed by atoms with E-state index >= 15 is 0 Å². The minimum Gasteiger partial charge on any atom is -0.493 e. The number of amides is 2. The topological polar surface area (TPSA) is 59.1 Å². The predicted octanol–water partition coefficient (Wildman–Crippen LogP) is 1.36. The maximum atomic E-state index is 12.1. The molecule has 2 rings (SSSR count). The lowest BCUT2D eigenvalue weighted by Crippen LogP contribution is -2.50. The largest absolute Gasteiger partial charge is 0.493 e. The molecular weight excluding hydrogens is 260 g/mol. The minimum absolute atomic E-state index is 0.0303. The number of ether oxygens (including phenoxy) is 2. The molecule has 0 aliphatic carbocycles. The van der Waals surface area contributed by atoms with Crippen LogP contribution in [0.5, 0.6) is 11.5 Å². The Bertz CT molecular complexity index is 496. The summed E-state index contributed by atoms with van der Waals surface area (Å²) in [7, 11) is 1.53. The molecule has 6 heteroatoms. The van der Waals surface area contributed by atoms with Crippen molar-refractivity contribution in [1.82, 2.24) is 9.80 Å². The number of nitrogens with zero attached hydrogens (tertiary/aromatic N) is 2. The van der Waals surface area contributed by atoms with Crippen LogP contribution in [0.3, 0.4) is 0 Å². The second-order valence-electron chi connectivity index (χ2n) is 4.51. The summed E-state index contributed by atoms with van der Waals surface area (Å²) >= 11 is 0. The molecule has 0 aromatic heterocycles. The first kappa shape index (κ1) is 14.2. The third-order valence-electron chi connectivity index (χ3n) is 3.25. The molecule has 0 N–H and O–H groups in total. The fourth-order valence-electron chi connectivity index (χ4n) is 2.07. The average Bonchev–Trinajstić information content (AvgIpc) is 2.48. The van der Waals surface area contributed by atoms with Gasteiger partial charge in [-0.25, -0.2) is 4.79 Å². The lowest BCUT2D eigenvalue weighted by atomic mass is 10.3. The van der Waals surface area contributed by atoms with Crippen LogP contribution in [0, 0.1) is 0 Å². The van der Waals surface area contributed by atoms with E-state index in [0.29, 0.717) is 37.7 Å². The van der Waals surface area contributed by atoms with Gasteiger partial charge >= 0.3 is 6.09 Å². The quantitative estimate of drug-likeness (QED) is 0.819. The van der Waals surface area contributed by atoms with Gasteiger partial charge in [-0.15, -0.1) is 0 Å². The highest BCUT2D eigenvalue weighted by Gasteiger charge is 2.24. The Morgan fingerprint density at radius 1 is 1.00 bits per heavy atom. The number of carbonyl (C=O) groups is 2. The van der Waals surface area contributed by atoms with Crippen LogP contribution in [0.2, 0.25) is 0 Å². The zero-order valence-electron chi connectivity index (χ0n) is 11.7. The number of carbonyl (C=O) groups excluding carboxylic acids is 2. The van der Waals surface area contributed by atoms with Crippen molar-refractivity contribution in [2.75, 3.05) is 33.3 Å². The number of para-hydroxylation sites is 2. The predicted molar refractivity (Wildman–Crippen MR) is 72.8 cm³/mol. The van der Waals surface area contributed by atoms with Crippen LogP contribution in [-0.4, -0.2) is 55.1 Å². The SMILES string of the molecule is COc1ccccc1OC(=O)N1CCN(C(C)=O)CC1. The van der Waals surface area contributed by atoms with Crippen LogP contribution in [0.15, 0.2) is 24.3 Å². The monoisotopic (exact) mass is 278 g/mol. The first-order chi connectivity index (χ1) is 9.61. The Balaban J connectivity index is 1.94. The van der Waals surface area contributed by atoms with E-state index in [-0.39, 0.29) is 5.91 Å². The van der Waals surface area contributed by atoms with Crippen molar-refractivity contribution in [3.05, 3.63) is 24.3 Å². The first-order valence-electron chi connectivity index (χ1n) is 6.47. The molecule has 0 spiro atoms. The van der Waals surface area contributed by atoms with E-state index in [1.165, 1.54) is 14.0 Å². The third kappa shape index (κ3) is 3.20. The molecule has 108 valence electrons.